The third-order valence-corrected chi connectivity index (χ3v) is 1.52. The molecule has 0 rings (SSSR count). The van der Waals surface area contributed by atoms with Crippen LogP contribution in [0.15, 0.2) is 0 Å². The second kappa shape index (κ2) is 5.62. The Kier molecular flexibility index (Phi) is 5.60. The van der Waals surface area contributed by atoms with Crippen LogP contribution in [0.25, 0.3) is 0 Å². The lowest BCUT2D eigenvalue weighted by molar-refractivity contribution is -0.173. The predicted molar refractivity (Wildman–Crippen MR) is 46.0 cm³/mol. The van der Waals surface area contributed by atoms with Gasteiger partial charge in [-0.05, 0) is 27.6 Å². The van der Waals surface area contributed by atoms with E-state index >= 15 is 0 Å². The van der Waals surface area contributed by atoms with Crippen LogP contribution in [0.3, 0.4) is 0 Å². The molecular formula is C5H9ClF3N2OP. The smallest absolute Gasteiger partial charge is 0.348 e. The van der Waals surface area contributed by atoms with Gasteiger partial charge >= 0.3 is 12.1 Å². The molecular weight excluding hydrogens is 227 g/mol. The lowest BCUT2D eigenvalue weighted by atomic mass is 10.4. The summed E-state index contributed by atoms with van der Waals surface area (Å²) in [6.45, 7) is 0.334. The van der Waals surface area contributed by atoms with Gasteiger partial charge < -0.3 is 5.32 Å². The van der Waals surface area contributed by atoms with Crippen molar-refractivity contribution in [1.29, 1.82) is 0 Å². The summed E-state index contributed by atoms with van der Waals surface area (Å²) in [4.78, 5) is 10.2. The number of rotatable bonds is 4. The molecule has 0 radical (unpaired) electrons. The normalized spacial score (nSPS) is 11.8. The lowest BCUT2D eigenvalue weighted by Gasteiger charge is -2.08. The number of carbonyl (C=O) groups excluding carboxylic acids is 1. The van der Waals surface area contributed by atoms with E-state index in [2.05, 4.69) is 9.39 Å². The van der Waals surface area contributed by atoms with Gasteiger partial charge in [0.1, 0.15) is 0 Å². The summed E-state index contributed by atoms with van der Waals surface area (Å²) in [7, 11) is 2.14. The van der Waals surface area contributed by atoms with Gasteiger partial charge in [0.25, 0.3) is 0 Å². The van der Waals surface area contributed by atoms with Crippen LogP contribution in [-0.2, 0) is 4.79 Å². The molecule has 0 fully saturated rings. The van der Waals surface area contributed by atoms with E-state index in [9.17, 15) is 18.0 Å². The van der Waals surface area contributed by atoms with Crippen LogP contribution in [0.1, 0.15) is 6.42 Å². The second-order valence-electron chi connectivity index (χ2n) is 2.23. The molecule has 0 aliphatic carbocycles. The lowest BCUT2D eigenvalue weighted by Crippen LogP contribution is -2.37. The number of nitrogens with one attached hydrogen (secondary N) is 1. The molecule has 78 valence electrons. The number of alkyl halides is 3. The minimum atomic E-state index is -4.80. The molecule has 0 saturated carbocycles. The molecule has 0 bridgehead atoms. The van der Waals surface area contributed by atoms with Gasteiger partial charge in [-0.2, -0.15) is 13.2 Å². The van der Waals surface area contributed by atoms with E-state index in [0.717, 1.165) is 0 Å². The first-order chi connectivity index (χ1) is 5.84. The van der Waals surface area contributed by atoms with Crippen molar-refractivity contribution in [3.05, 3.63) is 0 Å². The highest BCUT2D eigenvalue weighted by Gasteiger charge is 2.38. The van der Waals surface area contributed by atoms with Crippen molar-refractivity contribution in [3.8, 4) is 0 Å². The number of amides is 1. The fourth-order valence-corrected chi connectivity index (χ4v) is 0.834. The second-order valence-corrected chi connectivity index (χ2v) is 3.62. The Labute approximate surface area is 81.0 Å². The van der Waals surface area contributed by atoms with Crippen LogP contribution in [-0.4, -0.2) is 29.4 Å². The Balaban J connectivity index is 3.49. The predicted octanol–water partition coefficient (Wildman–Crippen LogP) is 1.30. The van der Waals surface area contributed by atoms with Gasteiger partial charge in [0.15, 0.2) is 0 Å². The van der Waals surface area contributed by atoms with E-state index < -0.39 is 12.1 Å². The standard InChI is InChI=1S/C5H9ClF3N2OP/c6-11(13)3-1-2-10-4(12)5(7,8)9/h1-3,13H2,(H,10,12). The van der Waals surface area contributed by atoms with Crippen molar-refractivity contribution in [2.45, 2.75) is 12.6 Å². The first kappa shape index (κ1) is 12.9. The zero-order valence-electron chi connectivity index (χ0n) is 6.57. The minimum Gasteiger partial charge on any atom is -0.348 e. The molecule has 13 heavy (non-hydrogen) atoms. The van der Waals surface area contributed by atoms with Crippen molar-refractivity contribution in [2.75, 3.05) is 13.1 Å². The van der Waals surface area contributed by atoms with E-state index in [1.54, 1.807) is 5.32 Å². The molecule has 1 atom stereocenters. The third kappa shape index (κ3) is 7.05. The minimum absolute atomic E-state index is 0.0457. The van der Waals surface area contributed by atoms with Gasteiger partial charge in [-0.3, -0.25) is 4.79 Å². The SMILES string of the molecule is O=C(NCCCN(P)Cl)C(F)(F)F. The van der Waals surface area contributed by atoms with E-state index in [1.807, 2.05) is 0 Å². The average molecular weight is 237 g/mol. The summed E-state index contributed by atoms with van der Waals surface area (Å²) in [6.07, 6.45) is -4.45. The highest BCUT2D eigenvalue weighted by molar-refractivity contribution is 7.15. The van der Waals surface area contributed by atoms with Crippen LogP contribution in [0.2, 0.25) is 0 Å². The monoisotopic (exact) mass is 236 g/mol. The maximum absolute atomic E-state index is 11.6. The van der Waals surface area contributed by atoms with Gasteiger partial charge in [0, 0.05) is 13.1 Å². The van der Waals surface area contributed by atoms with E-state index in [-0.39, 0.29) is 6.54 Å². The molecule has 0 aromatic carbocycles. The highest BCUT2D eigenvalue weighted by atomic mass is 35.5. The summed E-state index contributed by atoms with van der Waals surface area (Å²) in [5.41, 5.74) is 0. The van der Waals surface area contributed by atoms with Crippen molar-refractivity contribution in [3.63, 3.8) is 0 Å². The molecule has 0 heterocycles. The molecule has 0 aliphatic rings. The van der Waals surface area contributed by atoms with Crippen LogP contribution in [0.4, 0.5) is 13.2 Å². The molecule has 8 heteroatoms. The largest absolute Gasteiger partial charge is 0.471 e. The maximum atomic E-state index is 11.6. The zero-order valence-corrected chi connectivity index (χ0v) is 8.48. The average Bonchev–Trinajstić information content (AvgIpc) is 1.95. The quantitative estimate of drug-likeness (QED) is 0.453. The van der Waals surface area contributed by atoms with Crippen LogP contribution < -0.4 is 5.32 Å². The first-order valence-electron chi connectivity index (χ1n) is 3.37. The van der Waals surface area contributed by atoms with Gasteiger partial charge in [-0.1, -0.05) is 0 Å². The Morgan fingerprint density at radius 2 is 2.08 bits per heavy atom. The number of nitrogens with zero attached hydrogens (tertiary/aromatic N) is 1. The molecule has 1 N–H and O–H groups in total. The fraction of sp³-hybridized carbons (Fsp3) is 0.800. The van der Waals surface area contributed by atoms with Crippen LogP contribution >= 0.6 is 21.2 Å². The van der Waals surface area contributed by atoms with Crippen LogP contribution in [0.5, 0.6) is 0 Å². The molecule has 1 amide bonds. The van der Waals surface area contributed by atoms with Crippen molar-refractivity contribution in [2.24, 2.45) is 0 Å². The van der Waals surface area contributed by atoms with Crippen molar-refractivity contribution in [1.82, 2.24) is 9.51 Å². The Morgan fingerprint density at radius 3 is 2.46 bits per heavy atom. The van der Waals surface area contributed by atoms with Gasteiger partial charge in [-0.25, -0.2) is 4.19 Å². The summed E-state index contributed by atoms with van der Waals surface area (Å²) < 4.78 is 36.0. The molecule has 3 nitrogen and oxygen atoms in total. The molecule has 0 spiro atoms. The summed E-state index contributed by atoms with van der Waals surface area (Å²) in [5, 5.41) is 1.72. The Morgan fingerprint density at radius 1 is 1.54 bits per heavy atom. The van der Waals surface area contributed by atoms with Gasteiger partial charge in [-0.15, -0.1) is 0 Å². The number of hydrogen-bond acceptors (Lipinski definition) is 2. The van der Waals surface area contributed by atoms with Gasteiger partial charge in [0.2, 0.25) is 0 Å². The summed E-state index contributed by atoms with van der Waals surface area (Å²) in [6, 6.07) is 0. The third-order valence-electron chi connectivity index (χ3n) is 1.09. The maximum Gasteiger partial charge on any atom is 0.471 e. The molecule has 0 aromatic heterocycles. The molecule has 1 unspecified atom stereocenters. The number of halogens is 4. The van der Waals surface area contributed by atoms with Crippen molar-refractivity contribution >= 4 is 27.1 Å². The highest BCUT2D eigenvalue weighted by Crippen LogP contribution is 2.13. The number of carbonyl (C=O) groups is 1. The topological polar surface area (TPSA) is 32.3 Å². The van der Waals surface area contributed by atoms with E-state index in [4.69, 9.17) is 11.8 Å². The summed E-state index contributed by atoms with van der Waals surface area (Å²) >= 11 is 5.34. The molecule has 0 aromatic rings. The van der Waals surface area contributed by atoms with E-state index in [0.29, 0.717) is 13.0 Å². The van der Waals surface area contributed by atoms with Gasteiger partial charge in [0.05, 0.1) is 0 Å². The first-order valence-corrected chi connectivity index (χ1v) is 4.22. The Hall–Kier alpha value is -0.0600. The number of hydrogen-bond donors (Lipinski definition) is 1. The van der Waals surface area contributed by atoms with Crippen molar-refractivity contribution < 1.29 is 18.0 Å². The zero-order chi connectivity index (χ0) is 10.5. The molecule has 0 saturated heterocycles. The summed E-state index contributed by atoms with van der Waals surface area (Å²) in [5.74, 6) is -1.92. The van der Waals surface area contributed by atoms with E-state index in [1.165, 1.54) is 4.19 Å². The molecule has 0 aliphatic heterocycles. The van der Waals surface area contributed by atoms with Crippen LogP contribution in [0, 0.1) is 0 Å². The Bertz CT molecular complexity index is 176. The fourth-order valence-electron chi connectivity index (χ4n) is 0.532.